The minimum absolute atomic E-state index is 0.00557. The number of hydrogen-bond acceptors (Lipinski definition) is 4. The molecule has 6 nitrogen and oxygen atoms in total. The summed E-state index contributed by atoms with van der Waals surface area (Å²) in [6.07, 6.45) is 2.94. The Balaban J connectivity index is 5.28. The fourth-order valence-corrected chi connectivity index (χ4v) is 1.85. The summed E-state index contributed by atoms with van der Waals surface area (Å²) in [6.45, 7) is 15.6. The molecule has 0 radical (unpaired) electrons. The van der Waals surface area contributed by atoms with Gasteiger partial charge < -0.3 is 9.84 Å². The number of rotatable bonds is 6. The van der Waals surface area contributed by atoms with Crippen LogP contribution < -0.4 is 0 Å². The van der Waals surface area contributed by atoms with Crippen LogP contribution in [0.4, 0.5) is 4.79 Å². The zero-order valence-corrected chi connectivity index (χ0v) is 16.2. The number of hydrazine groups is 1. The molecule has 24 heavy (non-hydrogen) atoms. The van der Waals surface area contributed by atoms with Gasteiger partial charge in [0, 0.05) is 20.2 Å². The Hall–Kier alpha value is -1.82. The lowest BCUT2D eigenvalue weighted by Crippen LogP contribution is -2.49. The van der Waals surface area contributed by atoms with Crippen molar-refractivity contribution in [3.63, 3.8) is 0 Å². The normalized spacial score (nSPS) is 12.8. The Morgan fingerprint density at radius 2 is 1.92 bits per heavy atom. The summed E-state index contributed by atoms with van der Waals surface area (Å²) in [5, 5.41) is 12.1. The molecule has 0 atom stereocenters. The van der Waals surface area contributed by atoms with Crippen molar-refractivity contribution < 1.29 is 14.6 Å². The Kier molecular flexibility index (Phi) is 9.36. The lowest BCUT2D eigenvalue weighted by molar-refractivity contribution is -0.0149. The lowest BCUT2D eigenvalue weighted by Gasteiger charge is -2.34. The van der Waals surface area contributed by atoms with Crippen molar-refractivity contribution in [1.29, 1.82) is 0 Å². The largest absolute Gasteiger partial charge is 0.442 e. The standard InChI is InChI=1S/C18H33N3O3/c1-9-11-14(2)15(3)19-16(4)20(8)21(12-10-13-22)17(23)24-18(5,6)7/h11,22H,3,9-10,12-13H2,1-2,4-8H3/b14-11-,19-16+. The molecule has 0 spiro atoms. The second-order valence-corrected chi connectivity index (χ2v) is 6.61. The van der Waals surface area contributed by atoms with Gasteiger partial charge in [0.15, 0.2) is 0 Å². The Morgan fingerprint density at radius 3 is 2.38 bits per heavy atom. The summed E-state index contributed by atoms with van der Waals surface area (Å²) in [7, 11) is 1.74. The van der Waals surface area contributed by atoms with E-state index in [1.807, 2.05) is 27.7 Å². The molecule has 0 saturated heterocycles. The first kappa shape index (κ1) is 22.2. The molecule has 0 saturated carbocycles. The first-order chi connectivity index (χ1) is 11.0. The molecule has 0 aromatic rings. The minimum Gasteiger partial charge on any atom is -0.442 e. The van der Waals surface area contributed by atoms with Crippen molar-refractivity contribution in [3.05, 3.63) is 23.9 Å². The Labute approximate surface area is 146 Å². The van der Waals surface area contributed by atoms with E-state index in [-0.39, 0.29) is 6.61 Å². The van der Waals surface area contributed by atoms with Crippen LogP contribution in [0.15, 0.2) is 28.9 Å². The van der Waals surface area contributed by atoms with E-state index in [0.29, 0.717) is 24.5 Å². The van der Waals surface area contributed by atoms with Gasteiger partial charge in [0.2, 0.25) is 0 Å². The molecule has 0 bridgehead atoms. The van der Waals surface area contributed by atoms with Gasteiger partial charge in [-0.25, -0.2) is 14.8 Å². The van der Waals surface area contributed by atoms with E-state index in [4.69, 9.17) is 9.84 Å². The number of amides is 1. The number of carbonyl (C=O) groups excluding carboxylic acids is 1. The average Bonchev–Trinajstić information content (AvgIpc) is 2.45. The monoisotopic (exact) mass is 339 g/mol. The van der Waals surface area contributed by atoms with E-state index in [1.165, 1.54) is 5.01 Å². The second kappa shape index (κ2) is 10.1. The van der Waals surface area contributed by atoms with E-state index < -0.39 is 11.7 Å². The van der Waals surface area contributed by atoms with Gasteiger partial charge >= 0.3 is 6.09 Å². The third kappa shape index (κ3) is 8.15. The van der Waals surface area contributed by atoms with E-state index in [2.05, 4.69) is 24.6 Å². The molecule has 0 heterocycles. The van der Waals surface area contributed by atoms with Gasteiger partial charge in [-0.3, -0.25) is 5.01 Å². The summed E-state index contributed by atoms with van der Waals surface area (Å²) in [6, 6.07) is 0. The van der Waals surface area contributed by atoms with E-state index in [1.54, 1.807) is 19.0 Å². The SMILES string of the molecule is C=C(/N=C(\C)N(C)N(CCCO)C(=O)OC(C)(C)C)/C(C)=C\CC. The van der Waals surface area contributed by atoms with Crippen molar-refractivity contribution in [1.82, 2.24) is 10.0 Å². The number of carbonyl (C=O) groups is 1. The summed E-state index contributed by atoms with van der Waals surface area (Å²) >= 11 is 0. The summed E-state index contributed by atoms with van der Waals surface area (Å²) in [5.41, 5.74) is 1.07. The molecule has 138 valence electrons. The van der Waals surface area contributed by atoms with Crippen LogP contribution in [-0.2, 0) is 4.74 Å². The van der Waals surface area contributed by atoms with Gasteiger partial charge in [-0.1, -0.05) is 19.6 Å². The van der Waals surface area contributed by atoms with Gasteiger partial charge in [0.05, 0.1) is 5.70 Å². The van der Waals surface area contributed by atoms with Crippen LogP contribution in [0.3, 0.4) is 0 Å². The molecular formula is C18H33N3O3. The zero-order valence-electron chi connectivity index (χ0n) is 16.2. The highest BCUT2D eigenvalue weighted by atomic mass is 16.6. The molecule has 0 fully saturated rings. The number of aliphatic hydroxyl groups excluding tert-OH is 1. The fourth-order valence-electron chi connectivity index (χ4n) is 1.85. The third-order valence-corrected chi connectivity index (χ3v) is 3.23. The van der Waals surface area contributed by atoms with Gasteiger partial charge in [0.1, 0.15) is 11.4 Å². The molecule has 6 heteroatoms. The Morgan fingerprint density at radius 1 is 1.33 bits per heavy atom. The van der Waals surface area contributed by atoms with Crippen LogP contribution in [0.25, 0.3) is 0 Å². The maximum absolute atomic E-state index is 12.4. The van der Waals surface area contributed by atoms with Crippen LogP contribution in [0, 0.1) is 0 Å². The quantitative estimate of drug-likeness (QED) is 0.346. The van der Waals surface area contributed by atoms with E-state index in [9.17, 15) is 4.79 Å². The molecule has 0 aliphatic carbocycles. The Bertz CT molecular complexity index is 490. The predicted molar refractivity (Wildman–Crippen MR) is 98.7 cm³/mol. The van der Waals surface area contributed by atoms with Crippen LogP contribution in [0.2, 0.25) is 0 Å². The van der Waals surface area contributed by atoms with Crippen molar-refractivity contribution in [2.45, 2.75) is 60.0 Å². The van der Waals surface area contributed by atoms with Crippen molar-refractivity contribution in [2.75, 3.05) is 20.2 Å². The molecule has 0 aliphatic rings. The molecule has 0 unspecified atom stereocenters. The number of aliphatic hydroxyl groups is 1. The molecule has 1 N–H and O–H groups in total. The number of aliphatic imine (C=N–C) groups is 1. The highest BCUT2D eigenvalue weighted by Gasteiger charge is 2.25. The van der Waals surface area contributed by atoms with Crippen LogP contribution in [0.1, 0.15) is 54.4 Å². The number of allylic oxidation sites excluding steroid dienone is 2. The summed E-state index contributed by atoms with van der Waals surface area (Å²) in [5.74, 6) is 0.618. The van der Waals surface area contributed by atoms with E-state index >= 15 is 0 Å². The fraction of sp³-hybridized carbons (Fsp3) is 0.667. The van der Waals surface area contributed by atoms with Gasteiger partial charge in [-0.15, -0.1) is 0 Å². The number of amidine groups is 1. The van der Waals surface area contributed by atoms with Crippen molar-refractivity contribution in [3.8, 4) is 0 Å². The number of ether oxygens (including phenoxy) is 1. The number of hydrogen-bond donors (Lipinski definition) is 1. The smallest absolute Gasteiger partial charge is 0.429 e. The van der Waals surface area contributed by atoms with E-state index in [0.717, 1.165) is 12.0 Å². The first-order valence-corrected chi connectivity index (χ1v) is 8.29. The van der Waals surface area contributed by atoms with Crippen LogP contribution >= 0.6 is 0 Å². The first-order valence-electron chi connectivity index (χ1n) is 8.29. The number of nitrogens with zero attached hydrogens (tertiary/aromatic N) is 3. The molecule has 0 aromatic heterocycles. The van der Waals surface area contributed by atoms with Crippen molar-refractivity contribution in [2.24, 2.45) is 4.99 Å². The van der Waals surface area contributed by atoms with Crippen molar-refractivity contribution >= 4 is 11.9 Å². The third-order valence-electron chi connectivity index (χ3n) is 3.23. The molecule has 0 aromatic carbocycles. The highest BCUT2D eigenvalue weighted by Crippen LogP contribution is 2.14. The van der Waals surface area contributed by atoms with Gasteiger partial charge in [-0.05, 0) is 53.0 Å². The predicted octanol–water partition coefficient (Wildman–Crippen LogP) is 3.74. The second-order valence-electron chi connectivity index (χ2n) is 6.61. The minimum atomic E-state index is -0.593. The van der Waals surface area contributed by atoms with Crippen LogP contribution in [-0.4, -0.2) is 52.9 Å². The molecule has 1 amide bonds. The summed E-state index contributed by atoms with van der Waals surface area (Å²) < 4.78 is 5.43. The highest BCUT2D eigenvalue weighted by molar-refractivity contribution is 5.83. The lowest BCUT2D eigenvalue weighted by atomic mass is 10.2. The topological polar surface area (TPSA) is 65.4 Å². The maximum Gasteiger partial charge on any atom is 0.429 e. The molecule has 0 aliphatic heterocycles. The van der Waals surface area contributed by atoms with Gasteiger partial charge in [-0.2, -0.15) is 0 Å². The zero-order chi connectivity index (χ0) is 18.9. The van der Waals surface area contributed by atoms with Gasteiger partial charge in [0.25, 0.3) is 0 Å². The van der Waals surface area contributed by atoms with Crippen LogP contribution in [0.5, 0.6) is 0 Å². The summed E-state index contributed by atoms with van der Waals surface area (Å²) in [4.78, 5) is 16.9. The average molecular weight is 339 g/mol. The maximum atomic E-state index is 12.4. The molecule has 0 rings (SSSR count). The molecular weight excluding hydrogens is 306 g/mol.